The maximum atomic E-state index is 12.8. The van der Waals surface area contributed by atoms with E-state index in [2.05, 4.69) is 43.5 Å². The Morgan fingerprint density at radius 2 is 1.02 bits per heavy atom. The highest BCUT2D eigenvalue weighted by Gasteiger charge is 2.27. The van der Waals surface area contributed by atoms with Crippen molar-refractivity contribution in [1.29, 1.82) is 0 Å². The van der Waals surface area contributed by atoms with Crippen LogP contribution >= 0.6 is 7.82 Å². The highest BCUT2D eigenvalue weighted by molar-refractivity contribution is 7.47. The Balaban J connectivity index is 4.39. The molecule has 0 aromatic carbocycles. The lowest BCUT2D eigenvalue weighted by atomic mass is 10.0. The van der Waals surface area contributed by atoms with Crippen molar-refractivity contribution in [3.05, 3.63) is 36.5 Å². The Labute approximate surface area is 334 Å². The van der Waals surface area contributed by atoms with Crippen LogP contribution in [0.15, 0.2) is 36.5 Å². The Bertz CT molecular complexity index is 980. The van der Waals surface area contributed by atoms with Crippen molar-refractivity contribution in [2.24, 2.45) is 0 Å². The number of hydrogen-bond donors (Lipinski definition) is 3. The van der Waals surface area contributed by atoms with E-state index in [0.29, 0.717) is 23.9 Å². The molecule has 3 N–H and O–H groups in total. The molecule has 1 unspecified atom stereocenters. The smallest absolute Gasteiger partial charge is 0.387 e. The van der Waals surface area contributed by atoms with Gasteiger partial charge in [-0.05, 0) is 51.4 Å². The minimum absolute atomic E-state index is 0.0543. The molecule has 0 saturated heterocycles. The molecule has 0 rings (SSSR count). The maximum Gasteiger partial charge on any atom is 0.472 e. The van der Waals surface area contributed by atoms with Crippen LogP contribution in [0.1, 0.15) is 194 Å². The number of amides is 1. The number of rotatable bonds is 40. The molecule has 318 valence electrons. The van der Waals surface area contributed by atoms with E-state index in [9.17, 15) is 19.4 Å². The Hall–Kier alpha value is -1.28. The van der Waals surface area contributed by atoms with Crippen LogP contribution < -0.4 is 5.32 Å². The lowest BCUT2D eigenvalue weighted by Gasteiger charge is -2.25. The third-order valence-corrected chi connectivity index (χ3v) is 10.8. The second-order valence-corrected chi connectivity index (χ2v) is 17.9. The number of nitrogens with one attached hydrogen (secondary N) is 1. The number of quaternary nitrogens is 1. The highest BCUT2D eigenvalue weighted by Crippen LogP contribution is 2.43. The van der Waals surface area contributed by atoms with Crippen LogP contribution in [0.3, 0.4) is 0 Å². The third kappa shape index (κ3) is 39.0. The summed E-state index contributed by atoms with van der Waals surface area (Å²) in [7, 11) is 1.55. The third-order valence-electron chi connectivity index (χ3n) is 9.83. The van der Waals surface area contributed by atoms with Gasteiger partial charge in [-0.2, -0.15) is 0 Å². The van der Waals surface area contributed by atoms with Crippen molar-refractivity contribution in [3.8, 4) is 0 Å². The van der Waals surface area contributed by atoms with Crippen molar-refractivity contribution in [2.45, 2.75) is 206 Å². The topological polar surface area (TPSA) is 105 Å². The molecule has 8 nitrogen and oxygen atoms in total. The number of hydrogen-bond acceptors (Lipinski definition) is 5. The molecule has 1 amide bonds. The van der Waals surface area contributed by atoms with E-state index in [-0.39, 0.29) is 19.1 Å². The summed E-state index contributed by atoms with van der Waals surface area (Å²) >= 11 is 0. The molecule has 0 saturated carbocycles. The van der Waals surface area contributed by atoms with E-state index in [1.807, 2.05) is 27.2 Å². The predicted molar refractivity (Wildman–Crippen MR) is 231 cm³/mol. The summed E-state index contributed by atoms with van der Waals surface area (Å²) in [6.45, 7) is 4.77. The van der Waals surface area contributed by atoms with E-state index in [4.69, 9.17) is 9.05 Å². The molecule has 0 radical (unpaired) electrons. The standard InChI is InChI=1S/C45H87N2O6P/c1-6-8-10-12-14-16-18-19-20-21-22-23-24-25-26-27-29-31-33-35-37-39-45(49)46-43(42-53-54(50,51)52-41-40-47(3,4)5)44(48)38-36-34-32-30-28-17-15-13-11-9-7-2/h25-26,31,33,36,38,43-44,48H,6-24,27-30,32,34-35,37,39-42H2,1-5H3,(H-,46,49,50,51)/p+1/b26-25-,33-31-,38-36+/t43-,44+/m0/s1. The van der Waals surface area contributed by atoms with Crippen molar-refractivity contribution < 1.29 is 32.9 Å². The molecule has 0 aliphatic rings. The van der Waals surface area contributed by atoms with Gasteiger partial charge >= 0.3 is 7.82 Å². The number of unbranched alkanes of at least 4 members (excludes halogenated alkanes) is 23. The number of allylic oxidation sites excluding steroid dienone is 5. The first-order chi connectivity index (χ1) is 26.0. The number of aliphatic hydroxyl groups is 1. The van der Waals surface area contributed by atoms with Gasteiger partial charge in [-0.1, -0.05) is 172 Å². The average Bonchev–Trinajstić information content (AvgIpc) is 3.12. The zero-order valence-corrected chi connectivity index (χ0v) is 36.9. The summed E-state index contributed by atoms with van der Waals surface area (Å²) in [6.07, 6.45) is 45.1. The molecule has 0 heterocycles. The van der Waals surface area contributed by atoms with Crippen molar-refractivity contribution >= 4 is 13.7 Å². The maximum absolute atomic E-state index is 12.8. The summed E-state index contributed by atoms with van der Waals surface area (Å²) in [4.78, 5) is 23.0. The molecule has 0 aliphatic carbocycles. The van der Waals surface area contributed by atoms with Crippen molar-refractivity contribution in [2.75, 3.05) is 40.9 Å². The van der Waals surface area contributed by atoms with Crippen LogP contribution in [0.25, 0.3) is 0 Å². The molecule has 0 aromatic rings. The van der Waals surface area contributed by atoms with Gasteiger partial charge in [-0.25, -0.2) is 4.57 Å². The summed E-state index contributed by atoms with van der Waals surface area (Å²) < 4.78 is 23.5. The van der Waals surface area contributed by atoms with Crippen LogP contribution in [-0.2, 0) is 18.4 Å². The molecule has 54 heavy (non-hydrogen) atoms. The first-order valence-electron chi connectivity index (χ1n) is 22.4. The largest absolute Gasteiger partial charge is 0.472 e. The molecule has 3 atom stereocenters. The molecule has 0 aliphatic heterocycles. The quantitative estimate of drug-likeness (QED) is 0.0247. The Morgan fingerprint density at radius 1 is 0.611 bits per heavy atom. The second-order valence-electron chi connectivity index (χ2n) is 16.4. The van der Waals surface area contributed by atoms with Crippen LogP contribution in [-0.4, -0.2) is 73.4 Å². The summed E-state index contributed by atoms with van der Waals surface area (Å²) in [5.74, 6) is -0.220. The van der Waals surface area contributed by atoms with Crippen LogP contribution in [0.5, 0.6) is 0 Å². The number of carbonyl (C=O) groups excluding carboxylic acids is 1. The lowest BCUT2D eigenvalue weighted by molar-refractivity contribution is -0.870. The Kier molecular flexibility index (Phi) is 36.4. The first kappa shape index (κ1) is 52.7. The van der Waals surface area contributed by atoms with Gasteiger partial charge in [0, 0.05) is 6.42 Å². The molecular formula is C45H88N2O6P+. The van der Waals surface area contributed by atoms with Gasteiger partial charge in [0.25, 0.3) is 0 Å². The number of likely N-dealkylation sites (N-methyl/N-ethyl adjacent to an activating group) is 1. The van der Waals surface area contributed by atoms with Crippen molar-refractivity contribution in [3.63, 3.8) is 0 Å². The van der Waals surface area contributed by atoms with E-state index in [1.54, 1.807) is 6.08 Å². The molecule has 0 fully saturated rings. The van der Waals surface area contributed by atoms with Crippen molar-refractivity contribution in [1.82, 2.24) is 5.32 Å². The van der Waals surface area contributed by atoms with Crippen LogP contribution in [0.2, 0.25) is 0 Å². The number of phosphoric acid groups is 1. The van der Waals surface area contributed by atoms with Crippen LogP contribution in [0, 0.1) is 0 Å². The number of aliphatic hydroxyl groups excluding tert-OH is 1. The van der Waals surface area contributed by atoms with Gasteiger partial charge in [0.05, 0.1) is 39.9 Å². The van der Waals surface area contributed by atoms with Gasteiger partial charge < -0.3 is 19.8 Å². The second kappa shape index (κ2) is 37.3. The van der Waals surface area contributed by atoms with Gasteiger partial charge in [-0.15, -0.1) is 0 Å². The number of carbonyl (C=O) groups is 1. The average molecular weight is 784 g/mol. The highest BCUT2D eigenvalue weighted by atomic mass is 31.2. The number of nitrogens with zero attached hydrogens (tertiary/aromatic N) is 1. The lowest BCUT2D eigenvalue weighted by Crippen LogP contribution is -2.45. The van der Waals surface area contributed by atoms with Gasteiger partial charge in [0.15, 0.2) is 0 Å². The monoisotopic (exact) mass is 784 g/mol. The minimum Gasteiger partial charge on any atom is -0.387 e. The molecule has 9 heteroatoms. The zero-order chi connectivity index (χ0) is 40.0. The molecule has 0 aromatic heterocycles. The normalized spacial score (nSPS) is 14.7. The van der Waals surface area contributed by atoms with Gasteiger partial charge in [0.1, 0.15) is 13.2 Å². The molecule has 0 bridgehead atoms. The van der Waals surface area contributed by atoms with E-state index >= 15 is 0 Å². The fraction of sp³-hybridized carbons (Fsp3) is 0.844. The summed E-state index contributed by atoms with van der Waals surface area (Å²) in [5.41, 5.74) is 0. The number of phosphoric ester groups is 1. The molecular weight excluding hydrogens is 695 g/mol. The summed E-state index contributed by atoms with van der Waals surface area (Å²) in [5, 5.41) is 13.7. The Morgan fingerprint density at radius 3 is 1.48 bits per heavy atom. The first-order valence-corrected chi connectivity index (χ1v) is 23.9. The van der Waals surface area contributed by atoms with Gasteiger partial charge in [0.2, 0.25) is 5.91 Å². The molecule has 0 spiro atoms. The van der Waals surface area contributed by atoms with Crippen LogP contribution in [0.4, 0.5) is 0 Å². The van der Waals surface area contributed by atoms with E-state index in [0.717, 1.165) is 38.5 Å². The summed E-state index contributed by atoms with van der Waals surface area (Å²) in [6, 6.07) is -0.864. The fourth-order valence-electron chi connectivity index (χ4n) is 6.24. The predicted octanol–water partition coefficient (Wildman–Crippen LogP) is 12.3. The fourth-order valence-corrected chi connectivity index (χ4v) is 6.97. The van der Waals surface area contributed by atoms with Gasteiger partial charge in [-0.3, -0.25) is 13.8 Å². The van der Waals surface area contributed by atoms with E-state index in [1.165, 1.54) is 128 Å². The van der Waals surface area contributed by atoms with E-state index < -0.39 is 20.0 Å². The minimum atomic E-state index is -4.34. The SMILES string of the molecule is CCCCCCCCCCC/C=C/[C@@H](O)[C@H](COP(=O)(O)OCC[N+](C)(C)C)NC(=O)CCC/C=C\CC/C=C\CCCCCCCCCCCCCC. The zero-order valence-electron chi connectivity index (χ0n) is 36.0.